The number of ether oxygens (including phenoxy) is 1. The van der Waals surface area contributed by atoms with Crippen LogP contribution < -0.4 is 5.32 Å². The van der Waals surface area contributed by atoms with E-state index in [0.29, 0.717) is 17.1 Å². The summed E-state index contributed by atoms with van der Waals surface area (Å²) in [6.45, 7) is 1.97. The number of aromatic nitrogens is 1. The Labute approximate surface area is 106 Å². The maximum atomic E-state index is 11.3. The van der Waals surface area contributed by atoms with Crippen molar-refractivity contribution in [3.63, 3.8) is 0 Å². The summed E-state index contributed by atoms with van der Waals surface area (Å²) in [7, 11) is -1.69. The minimum atomic E-state index is -2.99. The Kier molecular flexibility index (Phi) is 4.66. The highest BCUT2D eigenvalue weighted by Crippen LogP contribution is 2.11. The number of carbonyl (C=O) groups is 1. The molecule has 1 aromatic rings. The minimum absolute atomic E-state index is 0.0342. The van der Waals surface area contributed by atoms with E-state index >= 15 is 0 Å². The minimum Gasteiger partial charge on any atom is -0.465 e. The van der Waals surface area contributed by atoms with Gasteiger partial charge in [0.2, 0.25) is 0 Å². The van der Waals surface area contributed by atoms with Crippen molar-refractivity contribution < 1.29 is 17.9 Å². The second-order valence-electron chi connectivity index (χ2n) is 3.88. The Morgan fingerprint density at radius 2 is 2.11 bits per heavy atom. The number of anilines is 1. The molecular formula is C11H16N2O4S. The number of methoxy groups -OCH3 is 1. The predicted molar refractivity (Wildman–Crippen MR) is 68.5 cm³/mol. The molecule has 1 rings (SSSR count). The lowest BCUT2D eigenvalue weighted by Crippen LogP contribution is -2.15. The van der Waals surface area contributed by atoms with Crippen LogP contribution >= 0.6 is 0 Å². The molecular weight excluding hydrogens is 256 g/mol. The summed E-state index contributed by atoms with van der Waals surface area (Å²) in [4.78, 5) is 15.5. The van der Waals surface area contributed by atoms with Gasteiger partial charge >= 0.3 is 5.97 Å². The molecule has 0 amide bonds. The van der Waals surface area contributed by atoms with E-state index in [4.69, 9.17) is 0 Å². The summed E-state index contributed by atoms with van der Waals surface area (Å²) in [6.07, 6.45) is 1.17. The van der Waals surface area contributed by atoms with Crippen molar-refractivity contribution in [2.75, 3.05) is 31.0 Å². The van der Waals surface area contributed by atoms with Gasteiger partial charge in [0.15, 0.2) is 0 Å². The smallest absolute Gasteiger partial charge is 0.339 e. The lowest BCUT2D eigenvalue weighted by Gasteiger charge is -2.08. The van der Waals surface area contributed by atoms with Crippen LogP contribution in [-0.4, -0.2) is 45.0 Å². The van der Waals surface area contributed by atoms with Crippen LogP contribution in [0.5, 0.6) is 0 Å². The number of carbonyl (C=O) groups excluding carboxylic acids is 1. The van der Waals surface area contributed by atoms with E-state index in [1.165, 1.54) is 13.4 Å². The molecule has 0 atom stereocenters. The number of sulfone groups is 1. The summed E-state index contributed by atoms with van der Waals surface area (Å²) in [5, 5.41) is 2.88. The van der Waals surface area contributed by atoms with Crippen molar-refractivity contribution in [3.05, 3.63) is 23.4 Å². The molecule has 0 saturated carbocycles. The lowest BCUT2D eigenvalue weighted by molar-refractivity contribution is 0.0599. The largest absolute Gasteiger partial charge is 0.465 e. The molecule has 0 aliphatic rings. The SMILES string of the molecule is COC(=O)c1ccc(NCCS(C)(=O)=O)nc1C. The molecule has 18 heavy (non-hydrogen) atoms. The molecule has 0 radical (unpaired) electrons. The highest BCUT2D eigenvalue weighted by atomic mass is 32.2. The van der Waals surface area contributed by atoms with Crippen molar-refractivity contribution in [2.24, 2.45) is 0 Å². The molecule has 0 saturated heterocycles. The number of hydrogen-bond donors (Lipinski definition) is 1. The van der Waals surface area contributed by atoms with Gasteiger partial charge in [-0.2, -0.15) is 0 Å². The van der Waals surface area contributed by atoms with E-state index in [0.717, 1.165) is 0 Å². The van der Waals surface area contributed by atoms with Crippen molar-refractivity contribution in [2.45, 2.75) is 6.92 Å². The Bertz CT molecular complexity index is 540. The third kappa shape index (κ3) is 4.33. The van der Waals surface area contributed by atoms with Gasteiger partial charge in [0, 0.05) is 12.8 Å². The molecule has 0 fully saturated rings. The number of pyridine rings is 1. The van der Waals surface area contributed by atoms with Gasteiger partial charge in [0.05, 0.1) is 24.1 Å². The van der Waals surface area contributed by atoms with E-state index in [1.807, 2.05) is 0 Å². The van der Waals surface area contributed by atoms with Gasteiger partial charge in [-0.25, -0.2) is 18.2 Å². The van der Waals surface area contributed by atoms with Crippen LogP contribution in [0.4, 0.5) is 5.82 Å². The number of hydrogen-bond acceptors (Lipinski definition) is 6. The molecule has 100 valence electrons. The average Bonchev–Trinajstić information content (AvgIpc) is 2.26. The number of nitrogens with zero attached hydrogens (tertiary/aromatic N) is 1. The summed E-state index contributed by atoms with van der Waals surface area (Å²) >= 11 is 0. The first-order valence-electron chi connectivity index (χ1n) is 5.31. The van der Waals surface area contributed by atoms with Crippen molar-refractivity contribution in [1.29, 1.82) is 0 Å². The van der Waals surface area contributed by atoms with E-state index in [2.05, 4.69) is 15.0 Å². The zero-order valence-corrected chi connectivity index (χ0v) is 11.4. The summed E-state index contributed by atoms with van der Waals surface area (Å²) < 4.78 is 26.5. The number of nitrogens with one attached hydrogen (secondary N) is 1. The van der Waals surface area contributed by atoms with Crippen LogP contribution in [0.25, 0.3) is 0 Å². The average molecular weight is 272 g/mol. The highest BCUT2D eigenvalue weighted by molar-refractivity contribution is 7.90. The summed E-state index contributed by atoms with van der Waals surface area (Å²) in [5.41, 5.74) is 0.928. The number of esters is 1. The maximum Gasteiger partial charge on any atom is 0.339 e. The predicted octanol–water partition coefficient (Wildman–Crippen LogP) is 0.633. The summed E-state index contributed by atoms with van der Waals surface area (Å²) in [5.74, 6) is 0.124. The van der Waals surface area contributed by atoms with Crippen LogP contribution in [0.1, 0.15) is 16.1 Å². The normalized spacial score (nSPS) is 11.1. The molecule has 7 heteroatoms. The van der Waals surface area contributed by atoms with E-state index < -0.39 is 15.8 Å². The van der Waals surface area contributed by atoms with Crippen LogP contribution in [0.2, 0.25) is 0 Å². The quantitative estimate of drug-likeness (QED) is 0.791. The second kappa shape index (κ2) is 5.81. The zero-order valence-electron chi connectivity index (χ0n) is 10.6. The fourth-order valence-electron chi connectivity index (χ4n) is 1.35. The topological polar surface area (TPSA) is 85.4 Å². The molecule has 1 heterocycles. The van der Waals surface area contributed by atoms with Gasteiger partial charge in [-0.05, 0) is 19.1 Å². The molecule has 0 unspecified atom stereocenters. The van der Waals surface area contributed by atoms with Gasteiger partial charge in [0.1, 0.15) is 15.7 Å². The third-order valence-electron chi connectivity index (χ3n) is 2.27. The molecule has 0 aliphatic heterocycles. The highest BCUT2D eigenvalue weighted by Gasteiger charge is 2.10. The van der Waals surface area contributed by atoms with Gasteiger partial charge < -0.3 is 10.1 Å². The van der Waals surface area contributed by atoms with Gasteiger partial charge in [-0.3, -0.25) is 0 Å². The molecule has 0 aromatic carbocycles. The molecule has 0 bridgehead atoms. The number of rotatable bonds is 5. The fourth-order valence-corrected chi connectivity index (χ4v) is 1.82. The maximum absolute atomic E-state index is 11.3. The molecule has 1 aromatic heterocycles. The molecule has 6 nitrogen and oxygen atoms in total. The number of aryl methyl sites for hydroxylation is 1. The van der Waals surface area contributed by atoms with Crippen LogP contribution in [0, 0.1) is 6.92 Å². The second-order valence-corrected chi connectivity index (χ2v) is 6.14. The van der Waals surface area contributed by atoms with Crippen molar-refractivity contribution in [1.82, 2.24) is 4.98 Å². The van der Waals surface area contributed by atoms with Crippen molar-refractivity contribution in [3.8, 4) is 0 Å². The Morgan fingerprint density at radius 3 is 2.61 bits per heavy atom. The first-order valence-corrected chi connectivity index (χ1v) is 7.37. The van der Waals surface area contributed by atoms with Crippen LogP contribution in [-0.2, 0) is 14.6 Å². The van der Waals surface area contributed by atoms with Gasteiger partial charge in [0.25, 0.3) is 0 Å². The first kappa shape index (κ1) is 14.4. The van der Waals surface area contributed by atoms with Crippen LogP contribution in [0.15, 0.2) is 12.1 Å². The van der Waals surface area contributed by atoms with E-state index in [-0.39, 0.29) is 12.3 Å². The van der Waals surface area contributed by atoms with Gasteiger partial charge in [-0.15, -0.1) is 0 Å². The molecule has 1 N–H and O–H groups in total. The van der Waals surface area contributed by atoms with Gasteiger partial charge in [-0.1, -0.05) is 0 Å². The Hall–Kier alpha value is -1.63. The molecule has 0 spiro atoms. The summed E-state index contributed by atoms with van der Waals surface area (Å²) in [6, 6.07) is 3.21. The first-order chi connectivity index (χ1) is 8.33. The molecule has 0 aliphatic carbocycles. The van der Waals surface area contributed by atoms with E-state index in [9.17, 15) is 13.2 Å². The third-order valence-corrected chi connectivity index (χ3v) is 3.22. The standard InChI is InChI=1S/C11H16N2O4S/c1-8-9(11(14)17-2)4-5-10(13-8)12-6-7-18(3,15)16/h4-5H,6-7H2,1-3H3,(H,12,13). The zero-order chi connectivity index (χ0) is 13.8. The van der Waals surface area contributed by atoms with Crippen molar-refractivity contribution >= 4 is 21.6 Å². The Balaban J connectivity index is 2.70. The van der Waals surface area contributed by atoms with Crippen LogP contribution in [0.3, 0.4) is 0 Å². The lowest BCUT2D eigenvalue weighted by atomic mass is 10.2. The Morgan fingerprint density at radius 1 is 1.44 bits per heavy atom. The van der Waals surface area contributed by atoms with E-state index in [1.54, 1.807) is 19.1 Å². The fraction of sp³-hybridized carbons (Fsp3) is 0.455. The monoisotopic (exact) mass is 272 g/mol.